The fourth-order valence-electron chi connectivity index (χ4n) is 2.05. The van der Waals surface area contributed by atoms with E-state index < -0.39 is 11.9 Å². The van der Waals surface area contributed by atoms with E-state index in [2.05, 4.69) is 4.74 Å². The molecule has 0 aromatic heterocycles. The van der Waals surface area contributed by atoms with Crippen LogP contribution in [-0.4, -0.2) is 33.3 Å². The Labute approximate surface area is 145 Å². The van der Waals surface area contributed by atoms with Crippen LogP contribution in [0.25, 0.3) is 6.08 Å². The van der Waals surface area contributed by atoms with E-state index in [0.717, 1.165) is 5.56 Å². The Morgan fingerprint density at radius 2 is 1.56 bits per heavy atom. The van der Waals surface area contributed by atoms with E-state index in [0.29, 0.717) is 22.8 Å². The number of methoxy groups -OCH3 is 3. The second-order valence-electron chi connectivity index (χ2n) is 4.88. The van der Waals surface area contributed by atoms with Gasteiger partial charge in [-0.15, -0.1) is 0 Å². The minimum Gasteiger partial charge on any atom is -0.493 e. The number of carbonyl (C=O) groups is 2. The predicted molar refractivity (Wildman–Crippen MR) is 92.0 cm³/mol. The zero-order valence-corrected chi connectivity index (χ0v) is 14.1. The molecule has 0 aliphatic carbocycles. The molecule has 2 aromatic carbocycles. The van der Waals surface area contributed by atoms with Gasteiger partial charge in [0, 0.05) is 6.08 Å². The number of benzene rings is 2. The third-order valence-corrected chi connectivity index (χ3v) is 3.31. The number of carbonyl (C=O) groups excluding carboxylic acids is 2. The molecule has 130 valence electrons. The standard InChI is InChI=1S/C19H18O6/c1-22-16-10-4-13(12-17(16)23-2)5-11-18(20)25-15-8-6-14(7-9-15)19(21)24-3/h4-12H,1-3H3/b11-5+. The van der Waals surface area contributed by atoms with Gasteiger partial charge in [-0.2, -0.15) is 0 Å². The first-order valence-electron chi connectivity index (χ1n) is 7.37. The lowest BCUT2D eigenvalue weighted by Crippen LogP contribution is -2.05. The highest BCUT2D eigenvalue weighted by atomic mass is 16.5. The van der Waals surface area contributed by atoms with Gasteiger partial charge < -0.3 is 18.9 Å². The molecule has 0 saturated carbocycles. The number of ether oxygens (including phenoxy) is 4. The Bertz CT molecular complexity index is 777. The summed E-state index contributed by atoms with van der Waals surface area (Å²) in [7, 11) is 4.39. The largest absolute Gasteiger partial charge is 0.493 e. The van der Waals surface area contributed by atoms with Gasteiger partial charge in [0.05, 0.1) is 26.9 Å². The fourth-order valence-corrected chi connectivity index (χ4v) is 2.05. The Kier molecular flexibility index (Phi) is 6.17. The first-order chi connectivity index (χ1) is 12.1. The first kappa shape index (κ1) is 18.1. The van der Waals surface area contributed by atoms with Gasteiger partial charge in [0.25, 0.3) is 0 Å². The van der Waals surface area contributed by atoms with Crippen LogP contribution < -0.4 is 14.2 Å². The first-order valence-corrected chi connectivity index (χ1v) is 7.37. The number of hydrogen-bond acceptors (Lipinski definition) is 6. The molecular weight excluding hydrogens is 324 g/mol. The van der Waals surface area contributed by atoms with Crippen LogP contribution in [0.15, 0.2) is 48.5 Å². The predicted octanol–water partition coefficient (Wildman–Crippen LogP) is 3.11. The van der Waals surface area contributed by atoms with E-state index in [9.17, 15) is 9.59 Å². The summed E-state index contributed by atoms with van der Waals surface area (Å²) in [6.45, 7) is 0. The topological polar surface area (TPSA) is 71.1 Å². The molecule has 0 fully saturated rings. The maximum Gasteiger partial charge on any atom is 0.337 e. The highest BCUT2D eigenvalue weighted by Crippen LogP contribution is 2.28. The average molecular weight is 342 g/mol. The van der Waals surface area contributed by atoms with Crippen LogP contribution in [-0.2, 0) is 9.53 Å². The van der Waals surface area contributed by atoms with Crippen molar-refractivity contribution in [3.8, 4) is 17.2 Å². The van der Waals surface area contributed by atoms with Crippen LogP contribution in [0.5, 0.6) is 17.2 Å². The van der Waals surface area contributed by atoms with Crippen molar-refractivity contribution in [2.75, 3.05) is 21.3 Å². The molecule has 0 radical (unpaired) electrons. The molecule has 0 aliphatic rings. The van der Waals surface area contributed by atoms with Crippen LogP contribution >= 0.6 is 0 Å². The summed E-state index contributed by atoms with van der Waals surface area (Å²) in [5, 5.41) is 0. The van der Waals surface area contributed by atoms with Gasteiger partial charge >= 0.3 is 11.9 Å². The van der Waals surface area contributed by atoms with Crippen molar-refractivity contribution in [2.45, 2.75) is 0 Å². The minimum atomic E-state index is -0.541. The summed E-state index contributed by atoms with van der Waals surface area (Å²) < 4.78 is 20.1. The van der Waals surface area contributed by atoms with E-state index in [-0.39, 0.29) is 0 Å². The summed E-state index contributed by atoms with van der Waals surface area (Å²) in [6, 6.07) is 11.4. The quantitative estimate of drug-likeness (QED) is 0.456. The molecule has 0 N–H and O–H groups in total. The van der Waals surface area contributed by atoms with Crippen LogP contribution in [0, 0.1) is 0 Å². The molecule has 2 rings (SSSR count). The van der Waals surface area contributed by atoms with Gasteiger partial charge in [0.2, 0.25) is 0 Å². The molecule has 6 heteroatoms. The van der Waals surface area contributed by atoms with Gasteiger partial charge in [-0.1, -0.05) is 6.07 Å². The van der Waals surface area contributed by atoms with Crippen molar-refractivity contribution >= 4 is 18.0 Å². The molecule has 0 heterocycles. The van der Waals surface area contributed by atoms with Crippen LogP contribution in [0.4, 0.5) is 0 Å². The third-order valence-electron chi connectivity index (χ3n) is 3.31. The average Bonchev–Trinajstić information content (AvgIpc) is 2.66. The number of rotatable bonds is 6. The lowest BCUT2D eigenvalue weighted by molar-refractivity contribution is -0.128. The Balaban J connectivity index is 2.02. The van der Waals surface area contributed by atoms with E-state index in [1.165, 1.54) is 44.6 Å². The summed E-state index contributed by atoms with van der Waals surface area (Å²) in [5.41, 5.74) is 1.14. The molecule has 0 aliphatic heterocycles. The number of hydrogen-bond donors (Lipinski definition) is 0. The van der Waals surface area contributed by atoms with E-state index in [1.807, 2.05) is 0 Å². The molecule has 0 bridgehead atoms. The second kappa shape index (κ2) is 8.54. The molecule has 0 saturated heterocycles. The van der Waals surface area contributed by atoms with Crippen molar-refractivity contribution in [3.05, 3.63) is 59.7 Å². The summed E-state index contributed by atoms with van der Waals surface area (Å²) in [4.78, 5) is 23.2. The highest BCUT2D eigenvalue weighted by molar-refractivity contribution is 5.90. The van der Waals surface area contributed by atoms with Crippen molar-refractivity contribution in [2.24, 2.45) is 0 Å². The molecular formula is C19H18O6. The smallest absolute Gasteiger partial charge is 0.337 e. The van der Waals surface area contributed by atoms with Gasteiger partial charge in [-0.3, -0.25) is 0 Å². The van der Waals surface area contributed by atoms with Crippen LogP contribution in [0.2, 0.25) is 0 Å². The molecule has 0 atom stereocenters. The van der Waals surface area contributed by atoms with Crippen molar-refractivity contribution in [1.29, 1.82) is 0 Å². The normalized spacial score (nSPS) is 10.4. The summed E-state index contributed by atoms with van der Waals surface area (Å²) in [5.74, 6) is 0.505. The maximum atomic E-state index is 11.9. The SMILES string of the molecule is COC(=O)c1ccc(OC(=O)/C=C/c2ccc(OC)c(OC)c2)cc1. The van der Waals surface area contributed by atoms with Crippen LogP contribution in [0.3, 0.4) is 0 Å². The molecule has 0 unspecified atom stereocenters. The van der Waals surface area contributed by atoms with Gasteiger partial charge in [0.1, 0.15) is 5.75 Å². The molecule has 0 spiro atoms. The van der Waals surface area contributed by atoms with E-state index in [4.69, 9.17) is 14.2 Å². The molecule has 0 amide bonds. The third kappa shape index (κ3) is 4.84. The van der Waals surface area contributed by atoms with Crippen LogP contribution in [0.1, 0.15) is 15.9 Å². The Morgan fingerprint density at radius 3 is 2.16 bits per heavy atom. The van der Waals surface area contributed by atoms with E-state index in [1.54, 1.807) is 31.4 Å². The van der Waals surface area contributed by atoms with E-state index >= 15 is 0 Å². The molecule has 6 nitrogen and oxygen atoms in total. The van der Waals surface area contributed by atoms with Gasteiger partial charge in [0.15, 0.2) is 11.5 Å². The van der Waals surface area contributed by atoms with Crippen molar-refractivity contribution in [3.63, 3.8) is 0 Å². The minimum absolute atomic E-state index is 0.328. The van der Waals surface area contributed by atoms with Crippen molar-refractivity contribution < 1.29 is 28.5 Å². The fraction of sp³-hybridized carbons (Fsp3) is 0.158. The summed E-state index contributed by atoms with van der Waals surface area (Å²) >= 11 is 0. The number of esters is 2. The highest BCUT2D eigenvalue weighted by Gasteiger charge is 2.07. The lowest BCUT2D eigenvalue weighted by Gasteiger charge is -2.07. The Morgan fingerprint density at radius 1 is 0.880 bits per heavy atom. The second-order valence-corrected chi connectivity index (χ2v) is 4.88. The van der Waals surface area contributed by atoms with Crippen molar-refractivity contribution in [1.82, 2.24) is 0 Å². The Hall–Kier alpha value is -3.28. The maximum absolute atomic E-state index is 11.9. The van der Waals surface area contributed by atoms with Gasteiger partial charge in [-0.05, 0) is 48.0 Å². The monoisotopic (exact) mass is 342 g/mol. The molecule has 2 aromatic rings. The van der Waals surface area contributed by atoms with Gasteiger partial charge in [-0.25, -0.2) is 9.59 Å². The summed E-state index contributed by atoms with van der Waals surface area (Å²) in [6.07, 6.45) is 2.91. The molecule has 25 heavy (non-hydrogen) atoms. The zero-order valence-electron chi connectivity index (χ0n) is 14.1. The lowest BCUT2D eigenvalue weighted by atomic mass is 10.2. The zero-order chi connectivity index (χ0) is 18.2.